The SMILES string of the molecule is Cc1cc(C)cc(COc2cc3c(cc2OCc2cc(C)cc(C)c2)[C@H]2C[C@](O)(Cc4cn(CCOCCOCCOCC(=O)N[C@H](C(=O)N5C[C@H](O)C[C@H]5C(=O)NCc5ccc(-c6scnc6C)cc5)C(C)(C)C)nn4)C[C@H](C)N2CC3)c1. The van der Waals surface area contributed by atoms with E-state index in [1.165, 1.54) is 32.7 Å². The Morgan fingerprint density at radius 1 is 0.810 bits per heavy atom. The zero-order chi connectivity index (χ0) is 59.7. The van der Waals surface area contributed by atoms with Crippen molar-refractivity contribution >= 4 is 29.1 Å². The molecule has 19 heteroatoms. The second kappa shape index (κ2) is 27.6. The summed E-state index contributed by atoms with van der Waals surface area (Å²) in [6, 6.07) is 23.4. The molecular weight excluding hydrogens is 1080 g/mol. The molecule has 84 heavy (non-hydrogen) atoms. The summed E-state index contributed by atoms with van der Waals surface area (Å²) in [6.45, 7) is 21.6. The number of thiazole rings is 1. The smallest absolute Gasteiger partial charge is 0.246 e. The molecule has 4 aromatic carbocycles. The number of rotatable bonds is 25. The number of piperidine rings is 1. The lowest BCUT2D eigenvalue weighted by Gasteiger charge is -2.50. The molecule has 0 unspecified atom stereocenters. The standard InChI is InChI=1S/C65H84N8O10S/c1-41-22-42(2)25-48(24-41)37-82-57-28-51-14-15-72-45(5)31-65(78,33-56(72)54(51)30-58(57)83-38-49-26-43(3)23-44(4)27-49)32-52-35-71(70-69-52)16-17-79-18-19-80-20-21-81-39-59(75)68-61(64(7,8)9)63(77)73-36-53(74)29-55(73)62(76)66-34-47-10-12-50(13-11-47)60-46(6)67-40-84-60/h10-13,22-28,30,35,40,45,53,55-56,61,74,78H,14-21,29,31-34,36-39H2,1-9H3,(H,66,76)(H,68,75)/t45-,53+,55-,56+,61+,65+/m0/s1. The molecule has 2 aromatic heterocycles. The highest BCUT2D eigenvalue weighted by molar-refractivity contribution is 7.13. The number of benzene rings is 4. The van der Waals surface area contributed by atoms with Crippen LogP contribution in [-0.4, -0.2) is 140 Å². The molecule has 2 fully saturated rings. The van der Waals surface area contributed by atoms with E-state index in [1.807, 2.05) is 63.7 Å². The Balaban J connectivity index is 0.693. The lowest BCUT2D eigenvalue weighted by Crippen LogP contribution is -2.58. The zero-order valence-electron chi connectivity index (χ0n) is 50.2. The minimum absolute atomic E-state index is 0.0184. The Morgan fingerprint density at radius 2 is 1.44 bits per heavy atom. The first-order chi connectivity index (χ1) is 40.2. The van der Waals surface area contributed by atoms with Crippen molar-refractivity contribution in [3.8, 4) is 21.9 Å². The van der Waals surface area contributed by atoms with Gasteiger partial charge >= 0.3 is 0 Å². The van der Waals surface area contributed by atoms with Crippen LogP contribution in [0.1, 0.15) is 114 Å². The van der Waals surface area contributed by atoms with Crippen LogP contribution < -0.4 is 20.1 Å². The highest BCUT2D eigenvalue weighted by atomic mass is 32.1. The molecule has 0 radical (unpaired) electrons. The average Bonchev–Trinajstić information content (AvgIpc) is 1.31. The molecule has 0 bridgehead atoms. The number of carbonyl (C=O) groups excluding carboxylic acids is 3. The minimum atomic E-state index is -1.01. The van der Waals surface area contributed by atoms with Crippen LogP contribution >= 0.6 is 11.3 Å². The van der Waals surface area contributed by atoms with E-state index in [9.17, 15) is 24.6 Å². The molecular formula is C65H84N8O10S. The number of aryl methyl sites for hydroxylation is 5. The third-order valence-electron chi connectivity index (χ3n) is 16.0. The molecule has 3 amide bonds. The molecule has 5 heterocycles. The van der Waals surface area contributed by atoms with Crippen LogP contribution in [0.5, 0.6) is 11.5 Å². The van der Waals surface area contributed by atoms with Crippen molar-refractivity contribution in [1.29, 1.82) is 0 Å². The monoisotopic (exact) mass is 1170 g/mol. The summed E-state index contributed by atoms with van der Waals surface area (Å²) in [5.74, 6) is 0.115. The van der Waals surface area contributed by atoms with Gasteiger partial charge in [0.1, 0.15) is 31.9 Å². The van der Waals surface area contributed by atoms with E-state index in [1.54, 1.807) is 16.0 Å². The van der Waals surface area contributed by atoms with E-state index >= 15 is 0 Å². The number of fused-ring (bicyclic) bond motifs is 3. The van der Waals surface area contributed by atoms with Crippen molar-refractivity contribution in [1.82, 2.24) is 40.4 Å². The van der Waals surface area contributed by atoms with E-state index in [0.29, 0.717) is 64.6 Å². The highest BCUT2D eigenvalue weighted by Gasteiger charge is 2.46. The largest absolute Gasteiger partial charge is 0.485 e. The fourth-order valence-corrected chi connectivity index (χ4v) is 13.0. The number of carbonyl (C=O) groups is 3. The molecule has 4 N–H and O–H groups in total. The van der Waals surface area contributed by atoms with Gasteiger partial charge in [-0.2, -0.15) is 0 Å². The van der Waals surface area contributed by atoms with Crippen molar-refractivity contribution in [3.63, 3.8) is 0 Å². The minimum Gasteiger partial charge on any atom is -0.485 e. The first-order valence-corrected chi connectivity index (χ1v) is 30.3. The van der Waals surface area contributed by atoms with Crippen LogP contribution in [0.2, 0.25) is 0 Å². The van der Waals surface area contributed by atoms with Gasteiger partial charge in [0, 0.05) is 50.8 Å². The average molecular weight is 1170 g/mol. The van der Waals surface area contributed by atoms with Crippen LogP contribution in [0.3, 0.4) is 0 Å². The second-order valence-corrected chi connectivity index (χ2v) is 25.3. The van der Waals surface area contributed by atoms with Crippen molar-refractivity contribution in [2.75, 3.05) is 52.7 Å². The van der Waals surface area contributed by atoms with Crippen molar-refractivity contribution in [2.45, 2.75) is 157 Å². The summed E-state index contributed by atoms with van der Waals surface area (Å²) >= 11 is 1.57. The number of amides is 3. The number of nitrogens with zero attached hydrogens (tertiary/aromatic N) is 6. The number of hydrogen-bond donors (Lipinski definition) is 4. The van der Waals surface area contributed by atoms with Gasteiger partial charge in [0.15, 0.2) is 11.5 Å². The number of aromatic nitrogens is 4. The fourth-order valence-electron chi connectivity index (χ4n) is 12.2. The van der Waals surface area contributed by atoms with Crippen LogP contribution in [0, 0.1) is 40.0 Å². The molecule has 450 valence electrons. The van der Waals surface area contributed by atoms with Gasteiger partial charge in [-0.05, 0) is 112 Å². The topological polar surface area (TPSA) is 212 Å². The van der Waals surface area contributed by atoms with E-state index in [0.717, 1.165) is 62.8 Å². The van der Waals surface area contributed by atoms with Gasteiger partial charge in [-0.3, -0.25) is 19.3 Å². The van der Waals surface area contributed by atoms with E-state index in [2.05, 4.69) is 114 Å². The Bertz CT molecular complexity index is 3190. The molecule has 3 aliphatic rings. The summed E-state index contributed by atoms with van der Waals surface area (Å²) < 4.78 is 32.1. The Morgan fingerprint density at radius 3 is 2.07 bits per heavy atom. The van der Waals surface area contributed by atoms with Crippen LogP contribution in [-0.2, 0) is 67.7 Å². The lowest BCUT2D eigenvalue weighted by molar-refractivity contribution is -0.144. The summed E-state index contributed by atoms with van der Waals surface area (Å²) in [5.41, 5.74) is 13.1. The van der Waals surface area contributed by atoms with Gasteiger partial charge in [0.2, 0.25) is 17.7 Å². The molecule has 6 atom stereocenters. The number of ether oxygens (including phenoxy) is 5. The Hall–Kier alpha value is -6.58. The molecule has 6 aromatic rings. The number of aliphatic hydroxyl groups excluding tert-OH is 1. The number of nitrogens with one attached hydrogen (secondary N) is 2. The maximum absolute atomic E-state index is 14.1. The quantitative estimate of drug-likeness (QED) is 0.0400. The van der Waals surface area contributed by atoms with Gasteiger partial charge < -0.3 is 49.4 Å². The number of aliphatic hydroxyl groups is 2. The maximum Gasteiger partial charge on any atom is 0.246 e. The lowest BCUT2D eigenvalue weighted by atomic mass is 9.75. The zero-order valence-corrected chi connectivity index (χ0v) is 51.1. The van der Waals surface area contributed by atoms with E-state index in [-0.39, 0.29) is 57.3 Å². The molecule has 9 rings (SSSR count). The summed E-state index contributed by atoms with van der Waals surface area (Å²) in [4.78, 5) is 50.0. The number of hydrogen-bond acceptors (Lipinski definition) is 15. The van der Waals surface area contributed by atoms with Crippen molar-refractivity contribution < 1.29 is 48.3 Å². The third kappa shape index (κ3) is 16.2. The molecule has 0 saturated carbocycles. The Kier molecular flexibility index (Phi) is 20.4. The van der Waals surface area contributed by atoms with E-state index < -0.39 is 41.0 Å². The van der Waals surface area contributed by atoms with Crippen LogP contribution in [0.25, 0.3) is 10.4 Å². The molecule has 18 nitrogen and oxygen atoms in total. The summed E-state index contributed by atoms with van der Waals surface area (Å²) in [6.07, 6.45) is 3.49. The second-order valence-electron chi connectivity index (χ2n) is 24.4. The van der Waals surface area contributed by atoms with Gasteiger partial charge in [-0.25, -0.2) is 9.67 Å². The summed E-state index contributed by atoms with van der Waals surface area (Å²) in [7, 11) is 0. The fraction of sp³-hybridized carbons (Fsp3) is 0.508. The van der Waals surface area contributed by atoms with Gasteiger partial charge in [0.05, 0.1) is 73.1 Å². The predicted molar refractivity (Wildman–Crippen MR) is 322 cm³/mol. The van der Waals surface area contributed by atoms with E-state index in [4.69, 9.17) is 23.7 Å². The van der Waals surface area contributed by atoms with Gasteiger partial charge in [-0.15, -0.1) is 16.4 Å². The maximum atomic E-state index is 14.1. The molecule has 2 saturated heterocycles. The van der Waals surface area contributed by atoms with Gasteiger partial charge in [-0.1, -0.05) is 109 Å². The van der Waals surface area contributed by atoms with Crippen molar-refractivity contribution in [3.05, 3.63) is 146 Å². The first-order valence-electron chi connectivity index (χ1n) is 29.4. The molecule has 3 aliphatic heterocycles. The Labute approximate surface area is 498 Å². The number of likely N-dealkylation sites (tertiary alicyclic amines) is 1. The highest BCUT2D eigenvalue weighted by Crippen LogP contribution is 2.47. The predicted octanol–water partition coefficient (Wildman–Crippen LogP) is 8.02. The normalized spacial score (nSPS) is 20.1. The third-order valence-corrected chi connectivity index (χ3v) is 17.0. The molecule has 0 aliphatic carbocycles. The van der Waals surface area contributed by atoms with Crippen molar-refractivity contribution in [2.24, 2.45) is 5.41 Å². The van der Waals surface area contributed by atoms with Crippen LogP contribution in [0.4, 0.5) is 0 Å². The molecule has 0 spiro atoms. The van der Waals surface area contributed by atoms with Gasteiger partial charge in [0.25, 0.3) is 0 Å². The number of β-amino-alcohol motifs (C(OH)–C–C–N with tert-alkyl or cyclic N) is 1. The summed E-state index contributed by atoms with van der Waals surface area (Å²) in [5, 5.41) is 37.6. The van der Waals surface area contributed by atoms with Crippen LogP contribution in [0.15, 0.2) is 84.5 Å². The first kappa shape index (κ1) is 62.0.